The molecule has 0 atom stereocenters. The van der Waals surface area contributed by atoms with Crippen LogP contribution >= 0.6 is 11.8 Å². The van der Waals surface area contributed by atoms with E-state index in [0.717, 1.165) is 53.5 Å². The molecule has 0 unspecified atom stereocenters. The Morgan fingerprint density at radius 3 is 2.89 bits per heavy atom. The number of aliphatic hydroxyl groups excluding tert-OH is 1. The molecular formula is C20H26N6OS. The Kier molecular flexibility index (Phi) is 5.82. The number of likely N-dealkylation sites (N-methyl/N-ethyl adjacent to an activating group) is 1. The molecule has 1 aliphatic heterocycles. The molecule has 0 aliphatic carbocycles. The summed E-state index contributed by atoms with van der Waals surface area (Å²) in [5.41, 5.74) is 4.46. The average molecular weight is 399 g/mol. The minimum atomic E-state index is 0.147. The number of aromatic nitrogens is 3. The van der Waals surface area contributed by atoms with Gasteiger partial charge in [0.1, 0.15) is 5.69 Å². The van der Waals surface area contributed by atoms with Crippen molar-refractivity contribution in [2.75, 3.05) is 52.2 Å². The van der Waals surface area contributed by atoms with Gasteiger partial charge >= 0.3 is 0 Å². The van der Waals surface area contributed by atoms with Gasteiger partial charge in [-0.15, -0.1) is 0 Å². The Morgan fingerprint density at radius 1 is 1.18 bits per heavy atom. The van der Waals surface area contributed by atoms with E-state index in [1.54, 1.807) is 11.8 Å². The Morgan fingerprint density at radius 2 is 2.07 bits per heavy atom. The molecule has 3 heterocycles. The highest BCUT2D eigenvalue weighted by Crippen LogP contribution is 2.49. The standard InChI is InChI=1S/C20H26N6OS/c1-25(2)10-8-23-15-3-4-16-18-19(24-26(16)11-7-21-9-12-27)14-5-6-22-13-17(14)28-20(15)18/h3-6,13,21,23,27H,7-12H2,1-2H3. The molecule has 0 amide bonds. The van der Waals surface area contributed by atoms with Crippen LogP contribution in [-0.4, -0.2) is 71.7 Å². The van der Waals surface area contributed by atoms with Crippen molar-refractivity contribution in [3.05, 3.63) is 30.6 Å². The predicted molar refractivity (Wildman–Crippen MR) is 114 cm³/mol. The number of benzene rings is 1. The zero-order valence-electron chi connectivity index (χ0n) is 16.3. The summed E-state index contributed by atoms with van der Waals surface area (Å²) in [6, 6.07) is 6.37. The van der Waals surface area contributed by atoms with Crippen molar-refractivity contribution >= 4 is 28.4 Å². The molecule has 3 aromatic rings. The maximum atomic E-state index is 8.96. The SMILES string of the molecule is CN(C)CCNc1ccc2c3c(nn2CCNCCO)-c2ccncc2Sc13. The second-order valence-electron chi connectivity index (χ2n) is 7.09. The van der Waals surface area contributed by atoms with Crippen LogP contribution in [0.2, 0.25) is 0 Å². The van der Waals surface area contributed by atoms with Crippen LogP contribution < -0.4 is 10.6 Å². The lowest BCUT2D eigenvalue weighted by atomic mass is 10.1. The first-order chi connectivity index (χ1) is 13.7. The molecule has 1 aromatic carbocycles. The number of hydrogen-bond donors (Lipinski definition) is 3. The summed E-state index contributed by atoms with van der Waals surface area (Å²) >= 11 is 1.77. The largest absolute Gasteiger partial charge is 0.395 e. The predicted octanol–water partition coefficient (Wildman–Crippen LogP) is 2.12. The van der Waals surface area contributed by atoms with Crippen molar-refractivity contribution in [2.24, 2.45) is 0 Å². The van der Waals surface area contributed by atoms with Gasteiger partial charge in [-0.25, -0.2) is 0 Å². The third-order valence-electron chi connectivity index (χ3n) is 4.79. The number of hydrogen-bond acceptors (Lipinski definition) is 7. The first-order valence-electron chi connectivity index (χ1n) is 9.55. The van der Waals surface area contributed by atoms with Gasteiger partial charge in [-0.2, -0.15) is 5.10 Å². The van der Waals surface area contributed by atoms with Gasteiger partial charge in [-0.1, -0.05) is 11.8 Å². The lowest BCUT2D eigenvalue weighted by molar-refractivity contribution is 0.291. The van der Waals surface area contributed by atoms with E-state index < -0.39 is 0 Å². The third-order valence-corrected chi connectivity index (χ3v) is 5.96. The molecular weight excluding hydrogens is 372 g/mol. The van der Waals surface area contributed by atoms with Gasteiger partial charge in [0, 0.05) is 65.0 Å². The minimum absolute atomic E-state index is 0.147. The zero-order valence-corrected chi connectivity index (χ0v) is 17.1. The molecule has 0 saturated carbocycles. The van der Waals surface area contributed by atoms with Crippen LogP contribution in [0.15, 0.2) is 40.4 Å². The fourth-order valence-electron chi connectivity index (χ4n) is 3.42. The van der Waals surface area contributed by atoms with Gasteiger partial charge in [-0.3, -0.25) is 9.67 Å². The Hall–Kier alpha value is -2.13. The molecule has 0 fully saturated rings. The normalized spacial score (nSPS) is 12.6. The fourth-order valence-corrected chi connectivity index (χ4v) is 4.58. The lowest BCUT2D eigenvalue weighted by Crippen LogP contribution is -2.23. The molecule has 0 saturated heterocycles. The van der Waals surface area contributed by atoms with Crippen LogP contribution in [0.3, 0.4) is 0 Å². The summed E-state index contributed by atoms with van der Waals surface area (Å²) in [5.74, 6) is 0. The second kappa shape index (κ2) is 8.48. The molecule has 7 nitrogen and oxygen atoms in total. The van der Waals surface area contributed by atoms with Crippen molar-refractivity contribution in [3.8, 4) is 11.3 Å². The number of nitrogens with one attached hydrogen (secondary N) is 2. The van der Waals surface area contributed by atoms with Crippen LogP contribution in [0, 0.1) is 0 Å². The minimum Gasteiger partial charge on any atom is -0.395 e. The van der Waals surface area contributed by atoms with Gasteiger partial charge in [0.15, 0.2) is 0 Å². The maximum Gasteiger partial charge on any atom is 0.103 e. The van der Waals surface area contributed by atoms with Gasteiger partial charge in [0.25, 0.3) is 0 Å². The number of fused-ring (bicyclic) bond motifs is 2. The zero-order chi connectivity index (χ0) is 19.5. The van der Waals surface area contributed by atoms with Crippen LogP contribution in [0.1, 0.15) is 0 Å². The Balaban J connectivity index is 1.73. The van der Waals surface area contributed by atoms with Crippen molar-refractivity contribution in [3.63, 3.8) is 0 Å². The number of rotatable bonds is 9. The first-order valence-corrected chi connectivity index (χ1v) is 10.4. The Bertz CT molecular complexity index is 971. The summed E-state index contributed by atoms with van der Waals surface area (Å²) in [5, 5.41) is 21.9. The molecule has 0 spiro atoms. The topological polar surface area (TPSA) is 78.2 Å². The van der Waals surface area contributed by atoms with Crippen LogP contribution in [0.25, 0.3) is 22.2 Å². The maximum absolute atomic E-state index is 8.96. The van der Waals surface area contributed by atoms with Crippen LogP contribution in [0.4, 0.5) is 5.69 Å². The molecule has 2 aromatic heterocycles. The third kappa shape index (κ3) is 3.73. The molecule has 0 bridgehead atoms. The van der Waals surface area contributed by atoms with E-state index in [-0.39, 0.29) is 6.61 Å². The fraction of sp³-hybridized carbons (Fsp3) is 0.400. The van der Waals surface area contributed by atoms with Gasteiger partial charge in [0.2, 0.25) is 0 Å². The molecule has 4 rings (SSSR count). The highest BCUT2D eigenvalue weighted by Gasteiger charge is 2.26. The number of anilines is 1. The van der Waals surface area contributed by atoms with E-state index in [0.29, 0.717) is 6.54 Å². The quantitative estimate of drug-likeness (QED) is 0.373. The molecule has 0 radical (unpaired) electrons. The molecule has 1 aliphatic rings. The smallest absolute Gasteiger partial charge is 0.103 e. The number of nitrogens with zero attached hydrogens (tertiary/aromatic N) is 4. The van der Waals surface area contributed by atoms with E-state index in [1.807, 2.05) is 18.5 Å². The number of pyridine rings is 1. The van der Waals surface area contributed by atoms with E-state index in [2.05, 4.69) is 51.4 Å². The van der Waals surface area contributed by atoms with Gasteiger partial charge in [0.05, 0.1) is 18.7 Å². The van der Waals surface area contributed by atoms with Crippen molar-refractivity contribution < 1.29 is 5.11 Å². The van der Waals surface area contributed by atoms with Crippen molar-refractivity contribution in [1.29, 1.82) is 0 Å². The molecule has 148 valence electrons. The van der Waals surface area contributed by atoms with Crippen LogP contribution in [-0.2, 0) is 6.54 Å². The number of aliphatic hydroxyl groups is 1. The summed E-state index contributed by atoms with van der Waals surface area (Å²) in [7, 11) is 4.16. The highest BCUT2D eigenvalue weighted by atomic mass is 32.2. The van der Waals surface area contributed by atoms with E-state index >= 15 is 0 Å². The summed E-state index contributed by atoms with van der Waals surface area (Å²) in [6.07, 6.45) is 3.75. The summed E-state index contributed by atoms with van der Waals surface area (Å²) in [4.78, 5) is 8.85. The average Bonchev–Trinajstić information content (AvgIpc) is 3.06. The lowest BCUT2D eigenvalue weighted by Gasteiger charge is -2.19. The van der Waals surface area contributed by atoms with Crippen molar-refractivity contribution in [2.45, 2.75) is 16.3 Å². The first kappa shape index (κ1) is 19.2. The molecule has 3 N–H and O–H groups in total. The van der Waals surface area contributed by atoms with Gasteiger partial charge < -0.3 is 20.6 Å². The van der Waals surface area contributed by atoms with Crippen molar-refractivity contribution in [1.82, 2.24) is 25.0 Å². The second-order valence-corrected chi connectivity index (χ2v) is 8.14. The summed E-state index contributed by atoms with van der Waals surface area (Å²) < 4.78 is 2.07. The Labute approximate surface area is 169 Å². The van der Waals surface area contributed by atoms with Gasteiger partial charge in [-0.05, 0) is 32.3 Å². The highest BCUT2D eigenvalue weighted by molar-refractivity contribution is 8.00. The molecule has 8 heteroatoms. The molecule has 28 heavy (non-hydrogen) atoms. The van der Waals surface area contributed by atoms with E-state index in [9.17, 15) is 0 Å². The summed E-state index contributed by atoms with van der Waals surface area (Å²) in [6.45, 7) is 4.14. The monoisotopic (exact) mass is 398 g/mol. The van der Waals surface area contributed by atoms with Crippen LogP contribution in [0.5, 0.6) is 0 Å². The van der Waals surface area contributed by atoms with E-state index in [1.165, 1.54) is 10.3 Å². The van der Waals surface area contributed by atoms with E-state index in [4.69, 9.17) is 10.2 Å².